The molecule has 0 aromatic heterocycles. The van der Waals surface area contributed by atoms with Crippen LogP contribution in [0, 0.1) is 10.8 Å². The number of hydrogen-bond donors (Lipinski definition) is 1. The maximum absolute atomic E-state index is 6.10. The third kappa shape index (κ3) is 0.315. The first-order chi connectivity index (χ1) is 4.82. The zero-order valence-corrected chi connectivity index (χ0v) is 6.40. The molecule has 0 aromatic rings. The maximum Gasteiger partial charge on any atom is 0.0164 e. The Morgan fingerprint density at radius 1 is 0.900 bits per heavy atom. The lowest BCUT2D eigenvalue weighted by Gasteiger charge is -2.37. The van der Waals surface area contributed by atoms with Gasteiger partial charge in [0.15, 0.2) is 0 Å². The number of nitrogens with two attached hydrogens (primary N) is 1. The highest BCUT2D eigenvalue weighted by atomic mass is 15.0. The van der Waals surface area contributed by atoms with Crippen LogP contribution in [0.1, 0.15) is 38.5 Å². The highest BCUT2D eigenvalue weighted by Gasteiger charge is 2.77. The Morgan fingerprint density at radius 3 is 1.40 bits per heavy atom. The highest BCUT2D eigenvalue weighted by Crippen LogP contribution is 2.79. The van der Waals surface area contributed by atoms with Crippen molar-refractivity contribution >= 4 is 0 Å². The monoisotopic (exact) mass is 137 g/mol. The summed E-state index contributed by atoms with van der Waals surface area (Å²) in [5.41, 5.74) is 7.50. The summed E-state index contributed by atoms with van der Waals surface area (Å²) in [5.74, 6) is 0. The lowest BCUT2D eigenvalue weighted by atomic mass is 9.67. The first-order valence-corrected chi connectivity index (χ1v) is 4.57. The van der Waals surface area contributed by atoms with Gasteiger partial charge < -0.3 is 5.73 Å². The summed E-state index contributed by atoms with van der Waals surface area (Å²) < 4.78 is 0. The van der Waals surface area contributed by atoms with Gasteiger partial charge in [0.1, 0.15) is 0 Å². The Morgan fingerprint density at radius 2 is 1.30 bits per heavy atom. The quantitative estimate of drug-likeness (QED) is 0.540. The fourth-order valence-corrected chi connectivity index (χ4v) is 3.51. The molecular formula is C9H15N. The summed E-state index contributed by atoms with van der Waals surface area (Å²) in [4.78, 5) is 0. The van der Waals surface area contributed by atoms with E-state index in [1.165, 1.54) is 38.5 Å². The van der Waals surface area contributed by atoms with Crippen molar-refractivity contribution in [3.05, 3.63) is 0 Å². The van der Waals surface area contributed by atoms with Gasteiger partial charge in [-0.15, -0.1) is 0 Å². The molecule has 0 saturated heterocycles. The highest BCUT2D eigenvalue weighted by molar-refractivity contribution is 5.30. The van der Waals surface area contributed by atoms with Crippen LogP contribution in [-0.2, 0) is 0 Å². The molecule has 3 fully saturated rings. The van der Waals surface area contributed by atoms with Crippen LogP contribution in [0.25, 0.3) is 0 Å². The second-order valence-corrected chi connectivity index (χ2v) is 4.50. The molecule has 0 heterocycles. The fourth-order valence-electron chi connectivity index (χ4n) is 3.51. The third-order valence-corrected chi connectivity index (χ3v) is 4.59. The van der Waals surface area contributed by atoms with E-state index in [1.807, 2.05) is 0 Å². The van der Waals surface area contributed by atoms with Crippen LogP contribution in [0.4, 0.5) is 0 Å². The van der Waals surface area contributed by atoms with E-state index in [2.05, 4.69) is 0 Å². The fraction of sp³-hybridized carbons (Fsp3) is 1.00. The predicted octanol–water partition coefficient (Wildman–Crippen LogP) is 1.67. The van der Waals surface area contributed by atoms with Gasteiger partial charge in [-0.05, 0) is 36.5 Å². The SMILES string of the molecule is NC1C2(CCC2)C12CCC2. The van der Waals surface area contributed by atoms with E-state index in [9.17, 15) is 0 Å². The predicted molar refractivity (Wildman–Crippen MR) is 40.5 cm³/mol. The minimum absolute atomic E-state index is 0.613. The molecule has 3 aliphatic rings. The van der Waals surface area contributed by atoms with E-state index in [0.717, 1.165) is 0 Å². The molecule has 0 amide bonds. The standard InChI is InChI=1S/C9H15N/c10-7-8(3-1-4-8)9(7)5-2-6-9/h7H,1-6,10H2. The first kappa shape index (κ1) is 5.59. The lowest BCUT2D eigenvalue weighted by molar-refractivity contribution is 0.129. The van der Waals surface area contributed by atoms with E-state index in [-0.39, 0.29) is 0 Å². The molecule has 0 bridgehead atoms. The molecule has 3 aliphatic carbocycles. The van der Waals surface area contributed by atoms with Gasteiger partial charge in [0.25, 0.3) is 0 Å². The van der Waals surface area contributed by atoms with Crippen LogP contribution < -0.4 is 5.73 Å². The summed E-state index contributed by atoms with van der Waals surface area (Å²) in [6, 6.07) is 0.613. The van der Waals surface area contributed by atoms with Crippen LogP contribution in [-0.4, -0.2) is 6.04 Å². The molecule has 0 unspecified atom stereocenters. The zero-order chi connectivity index (χ0) is 6.82. The van der Waals surface area contributed by atoms with Crippen LogP contribution >= 0.6 is 0 Å². The molecule has 1 heteroatoms. The molecule has 56 valence electrons. The summed E-state index contributed by atoms with van der Waals surface area (Å²) in [7, 11) is 0. The molecule has 0 radical (unpaired) electrons. The molecule has 3 rings (SSSR count). The normalized spacial score (nSPS) is 44.7. The van der Waals surface area contributed by atoms with Crippen LogP contribution in [0.15, 0.2) is 0 Å². The zero-order valence-electron chi connectivity index (χ0n) is 6.40. The number of fused-ring (bicyclic) bond motifs is 1. The van der Waals surface area contributed by atoms with Crippen molar-refractivity contribution in [2.75, 3.05) is 0 Å². The second kappa shape index (κ2) is 1.29. The summed E-state index contributed by atoms with van der Waals surface area (Å²) in [6.45, 7) is 0. The van der Waals surface area contributed by atoms with Crippen molar-refractivity contribution in [3.63, 3.8) is 0 Å². The van der Waals surface area contributed by atoms with Gasteiger partial charge in [-0.1, -0.05) is 12.8 Å². The van der Waals surface area contributed by atoms with Gasteiger partial charge in [-0.2, -0.15) is 0 Å². The average Bonchev–Trinajstić information content (AvgIpc) is 2.26. The largest absolute Gasteiger partial charge is 0.327 e. The Bertz CT molecular complexity index is 157. The molecule has 0 aromatic carbocycles. The van der Waals surface area contributed by atoms with E-state index in [1.54, 1.807) is 0 Å². The minimum Gasteiger partial charge on any atom is -0.327 e. The van der Waals surface area contributed by atoms with Gasteiger partial charge in [-0.3, -0.25) is 0 Å². The van der Waals surface area contributed by atoms with Crippen molar-refractivity contribution in [1.29, 1.82) is 0 Å². The molecule has 2 spiro atoms. The van der Waals surface area contributed by atoms with E-state index in [0.29, 0.717) is 16.9 Å². The molecule has 1 nitrogen and oxygen atoms in total. The van der Waals surface area contributed by atoms with E-state index in [4.69, 9.17) is 5.73 Å². The van der Waals surface area contributed by atoms with Crippen molar-refractivity contribution < 1.29 is 0 Å². The summed E-state index contributed by atoms with van der Waals surface area (Å²) >= 11 is 0. The van der Waals surface area contributed by atoms with Crippen LogP contribution in [0.5, 0.6) is 0 Å². The molecule has 0 atom stereocenters. The van der Waals surface area contributed by atoms with Gasteiger partial charge in [0.2, 0.25) is 0 Å². The van der Waals surface area contributed by atoms with Crippen molar-refractivity contribution in [3.8, 4) is 0 Å². The van der Waals surface area contributed by atoms with Gasteiger partial charge >= 0.3 is 0 Å². The molecule has 2 N–H and O–H groups in total. The Kier molecular flexibility index (Phi) is 0.722. The third-order valence-electron chi connectivity index (χ3n) is 4.59. The molecule has 3 saturated carbocycles. The number of hydrogen-bond acceptors (Lipinski definition) is 1. The van der Waals surface area contributed by atoms with Gasteiger partial charge in [0, 0.05) is 6.04 Å². The minimum atomic E-state index is 0.613. The maximum atomic E-state index is 6.10. The molecule has 0 aliphatic heterocycles. The average molecular weight is 137 g/mol. The van der Waals surface area contributed by atoms with Gasteiger partial charge in [-0.25, -0.2) is 0 Å². The van der Waals surface area contributed by atoms with Crippen LogP contribution in [0.2, 0.25) is 0 Å². The Balaban J connectivity index is 1.90. The number of rotatable bonds is 0. The topological polar surface area (TPSA) is 26.0 Å². The van der Waals surface area contributed by atoms with Crippen molar-refractivity contribution in [2.24, 2.45) is 16.6 Å². The second-order valence-electron chi connectivity index (χ2n) is 4.50. The van der Waals surface area contributed by atoms with Crippen molar-refractivity contribution in [2.45, 2.75) is 44.6 Å². The Hall–Kier alpha value is -0.0400. The van der Waals surface area contributed by atoms with Crippen molar-refractivity contribution in [1.82, 2.24) is 0 Å². The smallest absolute Gasteiger partial charge is 0.0164 e. The molecular weight excluding hydrogens is 122 g/mol. The lowest BCUT2D eigenvalue weighted by Crippen LogP contribution is -2.26. The molecule has 10 heavy (non-hydrogen) atoms. The summed E-state index contributed by atoms with van der Waals surface area (Å²) in [6.07, 6.45) is 8.72. The van der Waals surface area contributed by atoms with E-state index >= 15 is 0 Å². The van der Waals surface area contributed by atoms with E-state index < -0.39 is 0 Å². The first-order valence-electron chi connectivity index (χ1n) is 4.57. The van der Waals surface area contributed by atoms with Gasteiger partial charge in [0.05, 0.1) is 0 Å². The van der Waals surface area contributed by atoms with Crippen LogP contribution in [0.3, 0.4) is 0 Å². The summed E-state index contributed by atoms with van der Waals surface area (Å²) in [5, 5.41) is 0. The Labute approximate surface area is 62.0 Å².